The molecule has 0 atom stereocenters. The Balaban J connectivity index is 3.08. The maximum Gasteiger partial charge on any atom is 0.152 e. The first-order valence-electron chi connectivity index (χ1n) is 4.95. The first-order chi connectivity index (χ1) is 6.46. The van der Waals surface area contributed by atoms with E-state index in [1.807, 2.05) is 12.1 Å². The van der Waals surface area contributed by atoms with E-state index in [0.29, 0.717) is 0 Å². The zero-order valence-corrected chi connectivity index (χ0v) is 9.41. The van der Waals surface area contributed by atoms with E-state index in [4.69, 9.17) is 5.73 Å². The Hall–Kier alpha value is -1.25. The second-order valence-electron chi connectivity index (χ2n) is 4.33. The molecule has 1 aromatic heterocycles. The second-order valence-corrected chi connectivity index (χ2v) is 4.33. The van der Waals surface area contributed by atoms with Gasteiger partial charge in [0.2, 0.25) is 0 Å². The van der Waals surface area contributed by atoms with Crippen LogP contribution in [0.2, 0.25) is 0 Å². The summed E-state index contributed by atoms with van der Waals surface area (Å²) < 4.78 is 0. The van der Waals surface area contributed by atoms with Crippen LogP contribution in [0, 0.1) is 0 Å². The second kappa shape index (κ2) is 3.86. The maximum atomic E-state index is 5.89. The van der Waals surface area contributed by atoms with Crippen molar-refractivity contribution < 1.29 is 0 Å². The van der Waals surface area contributed by atoms with Gasteiger partial charge in [0, 0.05) is 18.3 Å². The van der Waals surface area contributed by atoms with Gasteiger partial charge in [-0.3, -0.25) is 0 Å². The van der Waals surface area contributed by atoms with Crippen LogP contribution in [0.3, 0.4) is 0 Å². The molecular formula is C11H19N3. The molecular weight excluding hydrogens is 174 g/mol. The van der Waals surface area contributed by atoms with E-state index in [0.717, 1.165) is 18.1 Å². The van der Waals surface area contributed by atoms with E-state index in [-0.39, 0.29) is 5.54 Å². The molecule has 0 aliphatic carbocycles. The molecule has 0 aliphatic heterocycles. The normalized spacial score (nSPS) is 11.4. The lowest BCUT2D eigenvalue weighted by Gasteiger charge is -2.36. The van der Waals surface area contributed by atoms with Gasteiger partial charge in [0.25, 0.3) is 0 Å². The van der Waals surface area contributed by atoms with Crippen molar-refractivity contribution in [3.63, 3.8) is 0 Å². The summed E-state index contributed by atoms with van der Waals surface area (Å²) in [5.74, 6) is 0.877. The Bertz CT molecular complexity index is 302. The molecule has 0 amide bonds. The summed E-state index contributed by atoms with van der Waals surface area (Å²) in [6, 6.07) is 3.74. The average molecular weight is 193 g/mol. The lowest BCUT2D eigenvalue weighted by Crippen LogP contribution is -2.42. The third-order valence-electron chi connectivity index (χ3n) is 2.20. The minimum Gasteiger partial charge on any atom is -0.396 e. The molecule has 0 bridgehead atoms. The zero-order chi connectivity index (χ0) is 10.8. The van der Waals surface area contributed by atoms with Crippen LogP contribution >= 0.6 is 0 Å². The molecule has 0 unspecified atom stereocenters. The number of hydrogen-bond acceptors (Lipinski definition) is 3. The van der Waals surface area contributed by atoms with Gasteiger partial charge in [0.15, 0.2) is 5.82 Å². The number of nitrogens with zero attached hydrogens (tertiary/aromatic N) is 2. The van der Waals surface area contributed by atoms with E-state index in [2.05, 4.69) is 37.6 Å². The number of pyridine rings is 1. The molecule has 2 N–H and O–H groups in total. The summed E-state index contributed by atoms with van der Waals surface area (Å²) in [5, 5.41) is 0. The molecule has 14 heavy (non-hydrogen) atoms. The summed E-state index contributed by atoms with van der Waals surface area (Å²) >= 11 is 0. The lowest BCUT2D eigenvalue weighted by atomic mass is 10.1. The van der Waals surface area contributed by atoms with E-state index in [1.54, 1.807) is 6.20 Å². The fourth-order valence-electron chi connectivity index (χ4n) is 1.58. The Morgan fingerprint density at radius 2 is 2.07 bits per heavy atom. The highest BCUT2D eigenvalue weighted by atomic mass is 15.2. The van der Waals surface area contributed by atoms with Crippen molar-refractivity contribution in [3.8, 4) is 0 Å². The van der Waals surface area contributed by atoms with Crippen LogP contribution in [0.15, 0.2) is 18.3 Å². The summed E-state index contributed by atoms with van der Waals surface area (Å²) in [7, 11) is 0. The molecule has 1 heterocycles. The molecule has 0 aromatic carbocycles. The number of nitrogen functional groups attached to an aromatic ring is 1. The van der Waals surface area contributed by atoms with E-state index in [1.165, 1.54) is 0 Å². The van der Waals surface area contributed by atoms with E-state index < -0.39 is 0 Å². The predicted molar refractivity (Wildman–Crippen MR) is 61.4 cm³/mol. The molecule has 1 rings (SSSR count). The van der Waals surface area contributed by atoms with Gasteiger partial charge in [-0.25, -0.2) is 4.98 Å². The molecule has 3 nitrogen and oxygen atoms in total. The molecule has 3 heteroatoms. The van der Waals surface area contributed by atoms with Crippen molar-refractivity contribution in [2.24, 2.45) is 0 Å². The molecule has 0 aliphatic rings. The van der Waals surface area contributed by atoms with Gasteiger partial charge < -0.3 is 10.6 Å². The van der Waals surface area contributed by atoms with Crippen LogP contribution in [-0.4, -0.2) is 17.1 Å². The van der Waals surface area contributed by atoms with Crippen molar-refractivity contribution in [1.29, 1.82) is 0 Å². The van der Waals surface area contributed by atoms with Crippen molar-refractivity contribution in [3.05, 3.63) is 18.3 Å². The molecule has 0 radical (unpaired) electrons. The molecule has 0 spiro atoms. The SMILES string of the molecule is CCN(c1ncccc1N)C(C)(C)C. The summed E-state index contributed by atoms with van der Waals surface area (Å²) in [5.41, 5.74) is 6.68. The van der Waals surface area contributed by atoms with Crippen LogP contribution in [0.5, 0.6) is 0 Å². The molecule has 78 valence electrons. The van der Waals surface area contributed by atoms with Crippen molar-refractivity contribution in [1.82, 2.24) is 4.98 Å². The number of nitrogens with two attached hydrogens (primary N) is 1. The van der Waals surface area contributed by atoms with E-state index >= 15 is 0 Å². The standard InChI is InChI=1S/C11H19N3/c1-5-14(11(2,3)4)10-9(12)7-6-8-13-10/h6-8H,5,12H2,1-4H3. The van der Waals surface area contributed by atoms with Crippen LogP contribution < -0.4 is 10.6 Å². The molecule has 0 saturated carbocycles. The van der Waals surface area contributed by atoms with Crippen LogP contribution in [0.1, 0.15) is 27.7 Å². The van der Waals surface area contributed by atoms with Gasteiger partial charge >= 0.3 is 0 Å². The van der Waals surface area contributed by atoms with Gasteiger partial charge in [0.1, 0.15) is 0 Å². The minimum absolute atomic E-state index is 0.0528. The quantitative estimate of drug-likeness (QED) is 0.783. The minimum atomic E-state index is 0.0528. The number of aromatic nitrogens is 1. The number of anilines is 2. The van der Waals surface area contributed by atoms with Crippen molar-refractivity contribution >= 4 is 11.5 Å². The average Bonchev–Trinajstić information content (AvgIpc) is 2.07. The number of rotatable bonds is 2. The highest BCUT2D eigenvalue weighted by molar-refractivity contribution is 5.63. The van der Waals surface area contributed by atoms with Gasteiger partial charge in [-0.15, -0.1) is 0 Å². The van der Waals surface area contributed by atoms with Gasteiger partial charge in [-0.05, 0) is 39.8 Å². The van der Waals surface area contributed by atoms with Crippen molar-refractivity contribution in [2.75, 3.05) is 17.2 Å². The van der Waals surface area contributed by atoms with Gasteiger partial charge in [0.05, 0.1) is 5.69 Å². The topological polar surface area (TPSA) is 42.2 Å². The van der Waals surface area contributed by atoms with Crippen LogP contribution in [-0.2, 0) is 0 Å². The Kier molecular flexibility index (Phi) is 2.99. The predicted octanol–water partition coefficient (Wildman–Crippen LogP) is 2.29. The largest absolute Gasteiger partial charge is 0.396 e. The van der Waals surface area contributed by atoms with Crippen molar-refractivity contribution in [2.45, 2.75) is 33.2 Å². The van der Waals surface area contributed by atoms with Gasteiger partial charge in [-0.1, -0.05) is 0 Å². The Morgan fingerprint density at radius 3 is 2.50 bits per heavy atom. The Morgan fingerprint density at radius 1 is 1.43 bits per heavy atom. The fraction of sp³-hybridized carbons (Fsp3) is 0.545. The zero-order valence-electron chi connectivity index (χ0n) is 9.41. The summed E-state index contributed by atoms with van der Waals surface area (Å²) in [6.07, 6.45) is 1.78. The fourth-order valence-corrected chi connectivity index (χ4v) is 1.58. The summed E-state index contributed by atoms with van der Waals surface area (Å²) in [4.78, 5) is 6.51. The van der Waals surface area contributed by atoms with E-state index in [9.17, 15) is 0 Å². The maximum absolute atomic E-state index is 5.89. The highest BCUT2D eigenvalue weighted by Crippen LogP contribution is 2.25. The third kappa shape index (κ3) is 2.16. The third-order valence-corrected chi connectivity index (χ3v) is 2.20. The smallest absolute Gasteiger partial charge is 0.152 e. The monoisotopic (exact) mass is 193 g/mol. The van der Waals surface area contributed by atoms with Gasteiger partial charge in [-0.2, -0.15) is 0 Å². The summed E-state index contributed by atoms with van der Waals surface area (Å²) in [6.45, 7) is 9.49. The molecule has 0 fully saturated rings. The number of hydrogen-bond donors (Lipinski definition) is 1. The first kappa shape index (κ1) is 10.8. The van der Waals surface area contributed by atoms with Crippen LogP contribution in [0.4, 0.5) is 11.5 Å². The Labute approximate surface area is 85.9 Å². The van der Waals surface area contributed by atoms with Crippen LogP contribution in [0.25, 0.3) is 0 Å². The highest BCUT2D eigenvalue weighted by Gasteiger charge is 2.22. The molecule has 0 saturated heterocycles. The molecule has 1 aromatic rings. The first-order valence-corrected chi connectivity index (χ1v) is 4.95. The lowest BCUT2D eigenvalue weighted by molar-refractivity contribution is 0.509.